The van der Waals surface area contributed by atoms with E-state index in [0.29, 0.717) is 5.75 Å². The Morgan fingerprint density at radius 3 is 2.57 bits per heavy atom. The van der Waals surface area contributed by atoms with Gasteiger partial charge < -0.3 is 4.74 Å². The maximum Gasteiger partial charge on any atom is 0.277 e. The van der Waals surface area contributed by atoms with E-state index in [1.165, 1.54) is 0 Å². The molecule has 0 bridgehead atoms. The van der Waals surface area contributed by atoms with Crippen molar-refractivity contribution in [3.8, 4) is 5.75 Å². The standard InChI is InChI=1S/C17H20N2O2/c1-3-14(4-2)18-19-17(20)12-21-16-11-7-9-13-8-5-6-10-15(13)16/h5-11H,3-4,12H2,1-2H3,(H,19,20). The highest BCUT2D eigenvalue weighted by Gasteiger charge is 2.05. The van der Waals surface area contributed by atoms with Gasteiger partial charge in [0, 0.05) is 11.1 Å². The fourth-order valence-corrected chi connectivity index (χ4v) is 2.05. The number of hydrogen-bond donors (Lipinski definition) is 1. The summed E-state index contributed by atoms with van der Waals surface area (Å²) in [5, 5.41) is 6.16. The Labute approximate surface area is 124 Å². The molecule has 0 unspecified atom stereocenters. The molecule has 0 spiro atoms. The number of hydrogen-bond acceptors (Lipinski definition) is 3. The summed E-state index contributed by atoms with van der Waals surface area (Å²) in [6.07, 6.45) is 1.67. The molecule has 0 aliphatic rings. The van der Waals surface area contributed by atoms with Crippen LogP contribution in [0.4, 0.5) is 0 Å². The van der Waals surface area contributed by atoms with E-state index in [2.05, 4.69) is 10.5 Å². The van der Waals surface area contributed by atoms with Gasteiger partial charge in [-0.2, -0.15) is 5.10 Å². The van der Waals surface area contributed by atoms with Gasteiger partial charge >= 0.3 is 0 Å². The van der Waals surface area contributed by atoms with Crippen molar-refractivity contribution in [1.29, 1.82) is 0 Å². The summed E-state index contributed by atoms with van der Waals surface area (Å²) in [5.41, 5.74) is 3.49. The Hall–Kier alpha value is -2.36. The van der Waals surface area contributed by atoms with Crippen LogP contribution in [0.3, 0.4) is 0 Å². The van der Waals surface area contributed by atoms with Crippen molar-refractivity contribution in [2.24, 2.45) is 5.10 Å². The minimum absolute atomic E-state index is 0.0434. The SMILES string of the molecule is CCC(CC)=NNC(=O)COc1cccc2ccccc12. The molecule has 0 radical (unpaired) electrons. The zero-order valence-corrected chi connectivity index (χ0v) is 12.4. The minimum atomic E-state index is -0.248. The first kappa shape index (κ1) is 15.0. The number of ether oxygens (including phenoxy) is 1. The average molecular weight is 284 g/mol. The van der Waals surface area contributed by atoms with Gasteiger partial charge in [0.05, 0.1) is 0 Å². The third-order valence-electron chi connectivity index (χ3n) is 3.26. The Bertz CT molecular complexity index is 639. The second-order valence-corrected chi connectivity index (χ2v) is 4.69. The first-order valence-electron chi connectivity index (χ1n) is 7.19. The third-order valence-corrected chi connectivity index (χ3v) is 3.26. The van der Waals surface area contributed by atoms with Crippen LogP contribution in [0.2, 0.25) is 0 Å². The fourth-order valence-electron chi connectivity index (χ4n) is 2.05. The summed E-state index contributed by atoms with van der Waals surface area (Å²) in [7, 11) is 0. The molecule has 1 amide bonds. The number of fused-ring (bicyclic) bond motifs is 1. The maximum absolute atomic E-state index is 11.7. The van der Waals surface area contributed by atoms with Crippen LogP contribution in [-0.4, -0.2) is 18.2 Å². The zero-order chi connectivity index (χ0) is 15.1. The lowest BCUT2D eigenvalue weighted by Gasteiger charge is -2.08. The number of nitrogens with zero attached hydrogens (tertiary/aromatic N) is 1. The first-order valence-corrected chi connectivity index (χ1v) is 7.19. The van der Waals surface area contributed by atoms with E-state index in [9.17, 15) is 4.79 Å². The van der Waals surface area contributed by atoms with Crippen LogP contribution >= 0.6 is 0 Å². The van der Waals surface area contributed by atoms with Crippen molar-refractivity contribution >= 4 is 22.4 Å². The lowest BCUT2D eigenvalue weighted by atomic mass is 10.1. The molecule has 0 heterocycles. The van der Waals surface area contributed by atoms with Gasteiger partial charge in [0.15, 0.2) is 6.61 Å². The van der Waals surface area contributed by atoms with Crippen LogP contribution in [-0.2, 0) is 4.79 Å². The zero-order valence-electron chi connectivity index (χ0n) is 12.4. The van der Waals surface area contributed by atoms with Crippen LogP contribution in [0, 0.1) is 0 Å². The summed E-state index contributed by atoms with van der Waals surface area (Å²) >= 11 is 0. The Kier molecular flexibility index (Phi) is 5.32. The normalized spacial score (nSPS) is 10.2. The molecule has 0 aliphatic heterocycles. The van der Waals surface area contributed by atoms with Gasteiger partial charge in [0.25, 0.3) is 5.91 Å². The van der Waals surface area contributed by atoms with Crippen molar-refractivity contribution in [3.05, 3.63) is 42.5 Å². The highest BCUT2D eigenvalue weighted by Crippen LogP contribution is 2.24. The van der Waals surface area contributed by atoms with Crippen LogP contribution in [0.15, 0.2) is 47.6 Å². The topological polar surface area (TPSA) is 50.7 Å². The molecule has 2 aromatic rings. The molecule has 1 N–H and O–H groups in total. The maximum atomic E-state index is 11.7. The average Bonchev–Trinajstić information content (AvgIpc) is 2.53. The molecular weight excluding hydrogens is 264 g/mol. The number of hydrazone groups is 1. The monoisotopic (exact) mass is 284 g/mol. The van der Waals surface area contributed by atoms with Crippen molar-refractivity contribution in [1.82, 2.24) is 5.43 Å². The van der Waals surface area contributed by atoms with Crippen LogP contribution < -0.4 is 10.2 Å². The molecule has 2 aromatic carbocycles. The molecule has 21 heavy (non-hydrogen) atoms. The van der Waals surface area contributed by atoms with E-state index in [1.54, 1.807) is 0 Å². The molecule has 0 fully saturated rings. The second kappa shape index (κ2) is 7.43. The lowest BCUT2D eigenvalue weighted by molar-refractivity contribution is -0.123. The largest absolute Gasteiger partial charge is 0.483 e. The number of carbonyl (C=O) groups excluding carboxylic acids is 1. The quantitative estimate of drug-likeness (QED) is 0.652. The molecule has 2 rings (SSSR count). The number of carbonyl (C=O) groups is 1. The highest BCUT2D eigenvalue weighted by atomic mass is 16.5. The second-order valence-electron chi connectivity index (χ2n) is 4.69. The molecular formula is C17H20N2O2. The molecule has 4 heteroatoms. The minimum Gasteiger partial charge on any atom is -0.483 e. The molecule has 0 saturated heterocycles. The Morgan fingerprint density at radius 1 is 1.10 bits per heavy atom. The van der Waals surface area contributed by atoms with Crippen molar-refractivity contribution in [2.45, 2.75) is 26.7 Å². The smallest absolute Gasteiger partial charge is 0.277 e. The lowest BCUT2D eigenvalue weighted by Crippen LogP contribution is -2.25. The predicted octanol–water partition coefficient (Wildman–Crippen LogP) is 3.51. The Morgan fingerprint density at radius 2 is 1.81 bits per heavy atom. The summed E-state index contributed by atoms with van der Waals surface area (Å²) in [5.74, 6) is 0.459. The van der Waals surface area contributed by atoms with Crippen LogP contribution in [0.5, 0.6) is 5.75 Å². The summed E-state index contributed by atoms with van der Waals surface area (Å²) < 4.78 is 5.60. The van der Waals surface area contributed by atoms with E-state index in [0.717, 1.165) is 29.3 Å². The van der Waals surface area contributed by atoms with E-state index in [1.807, 2.05) is 56.3 Å². The molecule has 4 nitrogen and oxygen atoms in total. The first-order chi connectivity index (χ1) is 10.2. The van der Waals surface area contributed by atoms with Crippen molar-refractivity contribution in [2.75, 3.05) is 6.61 Å². The molecule has 0 aliphatic carbocycles. The number of benzene rings is 2. The van der Waals surface area contributed by atoms with Gasteiger partial charge in [-0.3, -0.25) is 4.79 Å². The summed E-state index contributed by atoms with van der Waals surface area (Å²) in [6, 6.07) is 13.7. The van der Waals surface area contributed by atoms with E-state index >= 15 is 0 Å². The van der Waals surface area contributed by atoms with Gasteiger partial charge in [-0.15, -0.1) is 0 Å². The van der Waals surface area contributed by atoms with Gasteiger partial charge in [-0.05, 0) is 24.3 Å². The van der Waals surface area contributed by atoms with Gasteiger partial charge in [-0.1, -0.05) is 50.2 Å². The van der Waals surface area contributed by atoms with Gasteiger partial charge in [0.2, 0.25) is 0 Å². The molecule has 110 valence electrons. The van der Waals surface area contributed by atoms with Crippen LogP contribution in [0.1, 0.15) is 26.7 Å². The van der Waals surface area contributed by atoms with E-state index in [4.69, 9.17) is 4.74 Å². The van der Waals surface area contributed by atoms with Crippen molar-refractivity contribution in [3.63, 3.8) is 0 Å². The van der Waals surface area contributed by atoms with E-state index < -0.39 is 0 Å². The van der Waals surface area contributed by atoms with Gasteiger partial charge in [-0.25, -0.2) is 5.43 Å². The molecule has 0 aromatic heterocycles. The molecule has 0 saturated carbocycles. The van der Waals surface area contributed by atoms with Crippen molar-refractivity contribution < 1.29 is 9.53 Å². The van der Waals surface area contributed by atoms with Crippen LogP contribution in [0.25, 0.3) is 10.8 Å². The summed E-state index contributed by atoms with van der Waals surface area (Å²) in [4.78, 5) is 11.7. The van der Waals surface area contributed by atoms with E-state index in [-0.39, 0.29) is 12.5 Å². The third kappa shape index (κ3) is 4.05. The predicted molar refractivity (Wildman–Crippen MR) is 85.6 cm³/mol. The molecule has 0 atom stereocenters. The fraction of sp³-hybridized carbons (Fsp3) is 0.294. The highest BCUT2D eigenvalue weighted by molar-refractivity contribution is 5.89. The summed E-state index contributed by atoms with van der Waals surface area (Å²) in [6.45, 7) is 3.99. The number of amides is 1. The number of rotatable bonds is 6. The van der Waals surface area contributed by atoms with Gasteiger partial charge in [0.1, 0.15) is 5.75 Å². The Balaban J connectivity index is 1.99. The number of nitrogens with one attached hydrogen (secondary N) is 1.